The monoisotopic (exact) mass is 532 g/mol. The topological polar surface area (TPSA) is 40.5 Å². The minimum Gasteiger partial charge on any atom is -0.508 e. The van der Waals surface area contributed by atoms with Crippen LogP contribution in [0.1, 0.15) is 22.3 Å². The van der Waals surface area contributed by atoms with E-state index in [2.05, 4.69) is 64.1 Å². The fraction of sp³-hybridized carbons (Fsp3) is 0.154. The van der Waals surface area contributed by atoms with E-state index in [1.54, 1.807) is 48.5 Å². The van der Waals surface area contributed by atoms with Crippen LogP contribution in [0.5, 0.6) is 11.5 Å². The van der Waals surface area contributed by atoms with Gasteiger partial charge in [0.25, 0.3) is 0 Å². The number of aryl methyl sites for hydroxylation is 4. The van der Waals surface area contributed by atoms with Crippen LogP contribution in [0.3, 0.4) is 0 Å². The predicted octanol–water partition coefficient (Wildman–Crippen LogP) is 8.13. The second-order valence-electron chi connectivity index (χ2n) is 6.88. The molecule has 5 heteroatoms. The average molecular weight is 535 g/mol. The van der Waals surface area contributed by atoms with Crippen molar-refractivity contribution in [1.29, 1.82) is 0 Å². The number of halogens is 2. The van der Waals surface area contributed by atoms with Gasteiger partial charge in [0.2, 0.25) is 0 Å². The summed E-state index contributed by atoms with van der Waals surface area (Å²) in [5, 5.41) is 18.7. The van der Waals surface area contributed by atoms with Crippen LogP contribution < -0.4 is 0 Å². The third kappa shape index (κ3) is 14.8. The number of phenols is 2. The van der Waals surface area contributed by atoms with Crippen LogP contribution in [0.4, 0.5) is 0 Å². The van der Waals surface area contributed by atoms with Crippen molar-refractivity contribution in [2.24, 2.45) is 0 Å². The van der Waals surface area contributed by atoms with E-state index in [0.717, 1.165) is 0 Å². The van der Waals surface area contributed by atoms with Crippen molar-refractivity contribution in [3.8, 4) is 11.5 Å². The Balaban J connectivity index is 0.000000384. The van der Waals surface area contributed by atoms with Gasteiger partial charge in [-0.3, -0.25) is 0 Å². The predicted molar refractivity (Wildman–Crippen MR) is 129 cm³/mol. The smallest absolute Gasteiger partial charge is 0.508 e. The number of benzene rings is 2. The van der Waals surface area contributed by atoms with Crippen molar-refractivity contribution >= 4 is 23.2 Å². The Labute approximate surface area is 215 Å². The molecule has 0 aliphatic heterocycles. The summed E-state index contributed by atoms with van der Waals surface area (Å²) in [6.07, 6.45) is 0. The molecule has 4 rings (SSSR count). The second kappa shape index (κ2) is 15.9. The first-order chi connectivity index (χ1) is 14.2. The van der Waals surface area contributed by atoms with Gasteiger partial charge in [-0.2, -0.15) is 35.4 Å². The third-order valence-electron chi connectivity index (χ3n) is 3.78. The van der Waals surface area contributed by atoms with Gasteiger partial charge in [0.15, 0.2) is 0 Å². The van der Waals surface area contributed by atoms with Crippen LogP contribution in [0.2, 0.25) is 10.0 Å². The first-order valence-electron chi connectivity index (χ1n) is 9.44. The maximum atomic E-state index is 8.70. The van der Waals surface area contributed by atoms with Gasteiger partial charge in [-0.25, -0.2) is 23.3 Å². The van der Waals surface area contributed by atoms with Crippen LogP contribution in [0.25, 0.3) is 0 Å². The first kappa shape index (κ1) is 29.2. The van der Waals surface area contributed by atoms with Gasteiger partial charge < -0.3 is 10.2 Å². The molecule has 0 radical (unpaired) electrons. The van der Waals surface area contributed by atoms with E-state index in [1.807, 2.05) is 0 Å². The number of hydrogen-bond acceptors (Lipinski definition) is 2. The Hall–Kier alpha value is -1.80. The van der Waals surface area contributed by atoms with Crippen molar-refractivity contribution in [1.82, 2.24) is 0 Å². The van der Waals surface area contributed by atoms with E-state index in [1.165, 1.54) is 22.3 Å². The fourth-order valence-electron chi connectivity index (χ4n) is 2.32. The Morgan fingerprint density at radius 1 is 0.581 bits per heavy atom. The Bertz CT molecular complexity index is 815. The van der Waals surface area contributed by atoms with Crippen LogP contribution in [0.15, 0.2) is 84.9 Å². The largest absolute Gasteiger partial charge is 2.00 e. The molecule has 0 saturated carbocycles. The Morgan fingerprint density at radius 2 is 0.871 bits per heavy atom. The molecule has 2 nitrogen and oxygen atoms in total. The SMILES string of the molecule is Cc1cc[c-](C)c1.Cc1cc[c-](C)c1.Oc1ccc(Cl)cc1.Oc1ccc(Cl)cc1.[Zr+2]. The molecule has 0 heterocycles. The van der Waals surface area contributed by atoms with Crippen LogP contribution in [-0.2, 0) is 26.2 Å². The van der Waals surface area contributed by atoms with E-state index < -0.39 is 0 Å². The first-order valence-corrected chi connectivity index (χ1v) is 10.2. The van der Waals surface area contributed by atoms with Gasteiger partial charge in [0.1, 0.15) is 11.5 Å². The van der Waals surface area contributed by atoms with E-state index in [-0.39, 0.29) is 37.7 Å². The van der Waals surface area contributed by atoms with E-state index >= 15 is 0 Å². The molecule has 2 N–H and O–H groups in total. The van der Waals surface area contributed by atoms with Crippen LogP contribution in [-0.4, -0.2) is 10.2 Å². The number of hydrogen-bond donors (Lipinski definition) is 2. The molecule has 0 unspecified atom stereocenters. The number of rotatable bonds is 0. The molecule has 0 atom stereocenters. The van der Waals surface area contributed by atoms with Crippen molar-refractivity contribution < 1.29 is 36.4 Å². The molecular weight excluding hydrogens is 506 g/mol. The molecule has 0 saturated heterocycles. The van der Waals surface area contributed by atoms with Gasteiger partial charge in [0.05, 0.1) is 0 Å². The van der Waals surface area contributed by atoms with Crippen molar-refractivity contribution in [3.05, 3.63) is 117 Å². The molecule has 0 bridgehead atoms. The molecule has 4 aromatic carbocycles. The number of phenolic OH excluding ortho intramolecular Hbond substituents is 2. The molecule has 0 amide bonds. The summed E-state index contributed by atoms with van der Waals surface area (Å²) in [4.78, 5) is 0. The van der Waals surface area contributed by atoms with Gasteiger partial charge in [-0.1, -0.05) is 50.9 Å². The molecular formula is C26H28Cl2O2Zr. The van der Waals surface area contributed by atoms with Crippen molar-refractivity contribution in [2.75, 3.05) is 0 Å². The molecule has 4 aromatic rings. The molecule has 0 aliphatic rings. The van der Waals surface area contributed by atoms with E-state index in [9.17, 15) is 0 Å². The molecule has 0 aliphatic carbocycles. The average Bonchev–Trinajstić information content (AvgIpc) is 3.27. The zero-order chi connectivity index (χ0) is 22.5. The maximum absolute atomic E-state index is 8.70. The zero-order valence-electron chi connectivity index (χ0n) is 18.2. The summed E-state index contributed by atoms with van der Waals surface area (Å²) >= 11 is 11.0. The molecule has 0 aromatic heterocycles. The zero-order valence-corrected chi connectivity index (χ0v) is 22.2. The summed E-state index contributed by atoms with van der Waals surface area (Å²) in [6, 6.07) is 25.5. The third-order valence-corrected chi connectivity index (χ3v) is 4.29. The van der Waals surface area contributed by atoms with Gasteiger partial charge in [-0.05, 0) is 48.5 Å². The summed E-state index contributed by atoms with van der Waals surface area (Å²) in [5.74, 6) is 0.490. The standard InChI is InChI=1S/2C7H9.2C6H5ClO.Zr/c2*1-6-3-4-7(2)5-6;2*7-5-1-3-6(8)4-2-5;/h2*3-5H,1-2H3;2*1-4,8H;/q2*-1;;;+2. The van der Waals surface area contributed by atoms with Crippen LogP contribution in [0, 0.1) is 27.7 Å². The van der Waals surface area contributed by atoms with Crippen LogP contribution >= 0.6 is 23.2 Å². The summed E-state index contributed by atoms with van der Waals surface area (Å²) in [7, 11) is 0. The quantitative estimate of drug-likeness (QED) is 0.224. The van der Waals surface area contributed by atoms with Crippen molar-refractivity contribution in [3.63, 3.8) is 0 Å². The summed E-state index contributed by atoms with van der Waals surface area (Å²) < 4.78 is 0. The molecule has 0 fully saturated rings. The van der Waals surface area contributed by atoms with Crippen molar-refractivity contribution in [2.45, 2.75) is 27.7 Å². The molecule has 0 spiro atoms. The van der Waals surface area contributed by atoms with E-state index in [4.69, 9.17) is 33.4 Å². The van der Waals surface area contributed by atoms with Gasteiger partial charge in [0, 0.05) is 10.0 Å². The molecule has 162 valence electrons. The minimum atomic E-state index is 0. The normalized spacial score (nSPS) is 8.97. The van der Waals surface area contributed by atoms with E-state index in [0.29, 0.717) is 10.0 Å². The summed E-state index contributed by atoms with van der Waals surface area (Å²) in [5.41, 5.74) is 5.44. The van der Waals surface area contributed by atoms with Gasteiger partial charge >= 0.3 is 26.2 Å². The fourth-order valence-corrected chi connectivity index (χ4v) is 2.57. The van der Waals surface area contributed by atoms with Gasteiger partial charge in [-0.15, -0.1) is 0 Å². The Morgan fingerprint density at radius 3 is 1.00 bits per heavy atom. The molecule has 31 heavy (non-hydrogen) atoms. The number of aromatic hydroxyl groups is 2. The second-order valence-corrected chi connectivity index (χ2v) is 7.76. The maximum Gasteiger partial charge on any atom is 2.00 e. The summed E-state index contributed by atoms with van der Waals surface area (Å²) in [6.45, 7) is 8.42. The minimum absolute atomic E-state index is 0. The Kier molecular flexibility index (Phi) is 15.0.